The first kappa shape index (κ1) is 13.7. The standard InChI is InChI=1S/C14H20O3/c1-8-5-9(2)13(10(3)6-8)12(15)7-11(4)14(16)17/h5-6,11-12,15H,7H2,1-4H3,(H,16,17). The first-order valence-corrected chi connectivity index (χ1v) is 5.81. The van der Waals surface area contributed by atoms with Gasteiger partial charge in [0.05, 0.1) is 12.0 Å². The zero-order valence-electron chi connectivity index (χ0n) is 10.8. The highest BCUT2D eigenvalue weighted by molar-refractivity contribution is 5.69. The number of hydrogen-bond acceptors (Lipinski definition) is 2. The zero-order valence-corrected chi connectivity index (χ0v) is 10.8. The smallest absolute Gasteiger partial charge is 0.306 e. The number of aliphatic hydroxyl groups excluding tert-OH is 1. The second-order valence-corrected chi connectivity index (χ2v) is 4.80. The van der Waals surface area contributed by atoms with E-state index >= 15 is 0 Å². The zero-order chi connectivity index (χ0) is 13.2. The van der Waals surface area contributed by atoms with Gasteiger partial charge in [-0.3, -0.25) is 4.79 Å². The van der Waals surface area contributed by atoms with Crippen LogP contribution in [0, 0.1) is 26.7 Å². The maximum atomic E-state index is 10.8. The molecule has 0 aliphatic carbocycles. The van der Waals surface area contributed by atoms with Crippen molar-refractivity contribution < 1.29 is 15.0 Å². The van der Waals surface area contributed by atoms with Crippen LogP contribution in [0.15, 0.2) is 12.1 Å². The quantitative estimate of drug-likeness (QED) is 0.845. The molecule has 94 valence electrons. The molecule has 1 aromatic carbocycles. The summed E-state index contributed by atoms with van der Waals surface area (Å²) in [7, 11) is 0. The lowest BCUT2D eigenvalue weighted by molar-refractivity contribution is -0.142. The molecule has 0 aliphatic rings. The molecule has 2 unspecified atom stereocenters. The van der Waals surface area contributed by atoms with Gasteiger partial charge in [0.15, 0.2) is 0 Å². The first-order chi connectivity index (χ1) is 7.82. The van der Waals surface area contributed by atoms with E-state index in [9.17, 15) is 9.90 Å². The molecule has 0 aromatic heterocycles. The number of rotatable bonds is 4. The molecule has 0 amide bonds. The Kier molecular flexibility index (Phi) is 4.29. The van der Waals surface area contributed by atoms with Crippen LogP contribution < -0.4 is 0 Å². The topological polar surface area (TPSA) is 57.5 Å². The number of carboxylic acid groups (broad SMARTS) is 1. The number of hydrogen-bond donors (Lipinski definition) is 2. The van der Waals surface area contributed by atoms with E-state index in [1.807, 2.05) is 32.9 Å². The number of aliphatic carboxylic acids is 1. The minimum atomic E-state index is -0.869. The highest BCUT2D eigenvalue weighted by atomic mass is 16.4. The third-order valence-corrected chi connectivity index (χ3v) is 3.07. The Labute approximate surface area is 102 Å². The Bertz CT molecular complexity index is 400. The summed E-state index contributed by atoms with van der Waals surface area (Å²) in [6.07, 6.45) is -0.457. The van der Waals surface area contributed by atoms with Gasteiger partial charge in [0.1, 0.15) is 0 Å². The van der Waals surface area contributed by atoms with E-state index in [1.54, 1.807) is 6.92 Å². The van der Waals surface area contributed by atoms with E-state index in [1.165, 1.54) is 0 Å². The number of aryl methyl sites for hydroxylation is 3. The monoisotopic (exact) mass is 236 g/mol. The van der Waals surface area contributed by atoms with Gasteiger partial charge in [0, 0.05) is 0 Å². The average Bonchev–Trinajstić information content (AvgIpc) is 2.15. The molecule has 3 heteroatoms. The third-order valence-electron chi connectivity index (χ3n) is 3.07. The Morgan fingerprint density at radius 2 is 1.71 bits per heavy atom. The van der Waals surface area contributed by atoms with Crippen LogP contribution in [0.2, 0.25) is 0 Å². The fraction of sp³-hybridized carbons (Fsp3) is 0.500. The summed E-state index contributed by atoms with van der Waals surface area (Å²) in [5.74, 6) is -1.41. The van der Waals surface area contributed by atoms with E-state index in [0.717, 1.165) is 22.3 Å². The van der Waals surface area contributed by atoms with Crippen molar-refractivity contribution in [2.75, 3.05) is 0 Å². The lowest BCUT2D eigenvalue weighted by atomic mass is 9.91. The lowest BCUT2D eigenvalue weighted by Crippen LogP contribution is -2.15. The fourth-order valence-corrected chi connectivity index (χ4v) is 2.27. The Hall–Kier alpha value is -1.35. The van der Waals surface area contributed by atoms with Crippen molar-refractivity contribution in [2.24, 2.45) is 5.92 Å². The van der Waals surface area contributed by atoms with Gasteiger partial charge in [-0.05, 0) is 43.9 Å². The second kappa shape index (κ2) is 5.32. The van der Waals surface area contributed by atoms with Crippen LogP contribution in [0.25, 0.3) is 0 Å². The van der Waals surface area contributed by atoms with Crippen LogP contribution >= 0.6 is 0 Å². The molecule has 1 rings (SSSR count). The highest BCUT2D eigenvalue weighted by Crippen LogP contribution is 2.28. The Balaban J connectivity index is 2.96. The SMILES string of the molecule is Cc1cc(C)c(C(O)CC(C)C(=O)O)c(C)c1. The Morgan fingerprint density at radius 1 is 1.24 bits per heavy atom. The van der Waals surface area contributed by atoms with Gasteiger partial charge in [-0.2, -0.15) is 0 Å². The van der Waals surface area contributed by atoms with Gasteiger partial charge in [-0.25, -0.2) is 0 Å². The van der Waals surface area contributed by atoms with Gasteiger partial charge in [0.2, 0.25) is 0 Å². The van der Waals surface area contributed by atoms with Crippen molar-refractivity contribution >= 4 is 5.97 Å². The molecular weight excluding hydrogens is 216 g/mol. The summed E-state index contributed by atoms with van der Waals surface area (Å²) in [5.41, 5.74) is 4.06. The van der Waals surface area contributed by atoms with Crippen molar-refractivity contribution in [3.63, 3.8) is 0 Å². The second-order valence-electron chi connectivity index (χ2n) is 4.80. The van der Waals surface area contributed by atoms with Crippen LogP contribution in [-0.2, 0) is 4.79 Å². The van der Waals surface area contributed by atoms with Gasteiger partial charge < -0.3 is 10.2 Å². The van der Waals surface area contributed by atoms with Crippen LogP contribution in [-0.4, -0.2) is 16.2 Å². The van der Waals surface area contributed by atoms with Gasteiger partial charge in [-0.15, -0.1) is 0 Å². The first-order valence-electron chi connectivity index (χ1n) is 5.81. The van der Waals surface area contributed by atoms with Crippen molar-refractivity contribution in [3.8, 4) is 0 Å². The van der Waals surface area contributed by atoms with Gasteiger partial charge >= 0.3 is 5.97 Å². The maximum absolute atomic E-state index is 10.8. The summed E-state index contributed by atoms with van der Waals surface area (Å²) < 4.78 is 0. The van der Waals surface area contributed by atoms with Crippen LogP contribution in [0.5, 0.6) is 0 Å². The van der Waals surface area contributed by atoms with Crippen LogP contribution in [0.4, 0.5) is 0 Å². The average molecular weight is 236 g/mol. The predicted molar refractivity (Wildman–Crippen MR) is 67.0 cm³/mol. The van der Waals surface area contributed by atoms with E-state index in [2.05, 4.69) is 0 Å². The summed E-state index contributed by atoms with van der Waals surface area (Å²) in [6, 6.07) is 4.02. The molecule has 0 fully saturated rings. The largest absolute Gasteiger partial charge is 0.481 e. The summed E-state index contributed by atoms with van der Waals surface area (Å²) in [5, 5.41) is 19.0. The highest BCUT2D eigenvalue weighted by Gasteiger charge is 2.20. The molecule has 3 nitrogen and oxygen atoms in total. The fourth-order valence-electron chi connectivity index (χ4n) is 2.27. The van der Waals surface area contributed by atoms with E-state index in [0.29, 0.717) is 0 Å². The van der Waals surface area contributed by atoms with Crippen LogP contribution in [0.3, 0.4) is 0 Å². The number of carbonyl (C=O) groups is 1. The molecule has 0 bridgehead atoms. The molecule has 0 heterocycles. The molecule has 0 saturated carbocycles. The van der Waals surface area contributed by atoms with E-state index < -0.39 is 18.0 Å². The van der Waals surface area contributed by atoms with Gasteiger partial charge in [0.25, 0.3) is 0 Å². The van der Waals surface area contributed by atoms with Crippen molar-refractivity contribution in [1.29, 1.82) is 0 Å². The maximum Gasteiger partial charge on any atom is 0.306 e. The minimum absolute atomic E-state index is 0.250. The minimum Gasteiger partial charge on any atom is -0.481 e. The number of aliphatic hydroxyl groups is 1. The van der Waals surface area contributed by atoms with Crippen molar-refractivity contribution in [3.05, 3.63) is 34.4 Å². The molecule has 17 heavy (non-hydrogen) atoms. The van der Waals surface area contributed by atoms with Crippen LogP contribution in [0.1, 0.15) is 41.7 Å². The number of carboxylic acids is 1. The summed E-state index contributed by atoms with van der Waals surface area (Å²) >= 11 is 0. The van der Waals surface area contributed by atoms with E-state index in [-0.39, 0.29) is 6.42 Å². The molecule has 0 spiro atoms. The predicted octanol–water partition coefficient (Wildman–Crippen LogP) is 2.76. The molecule has 0 aliphatic heterocycles. The van der Waals surface area contributed by atoms with E-state index in [4.69, 9.17) is 5.11 Å². The summed E-state index contributed by atoms with van der Waals surface area (Å²) in [6.45, 7) is 7.52. The molecule has 2 atom stereocenters. The summed E-state index contributed by atoms with van der Waals surface area (Å²) in [4.78, 5) is 10.8. The normalized spacial score (nSPS) is 14.4. The third kappa shape index (κ3) is 3.30. The lowest BCUT2D eigenvalue weighted by Gasteiger charge is -2.19. The van der Waals surface area contributed by atoms with Crippen molar-refractivity contribution in [1.82, 2.24) is 0 Å². The Morgan fingerprint density at radius 3 is 2.12 bits per heavy atom. The molecule has 1 aromatic rings. The molecule has 0 saturated heterocycles. The molecular formula is C14H20O3. The molecule has 2 N–H and O–H groups in total. The van der Waals surface area contributed by atoms with Crippen molar-refractivity contribution in [2.45, 2.75) is 40.2 Å². The van der Waals surface area contributed by atoms with Gasteiger partial charge in [-0.1, -0.05) is 24.6 Å². The molecule has 0 radical (unpaired) electrons. The number of benzene rings is 1.